The Bertz CT molecular complexity index is 1620. The fourth-order valence-electron chi connectivity index (χ4n) is 5.78. The van der Waals surface area contributed by atoms with Gasteiger partial charge >= 0.3 is 0 Å². The normalized spacial score (nSPS) is 16.5. The van der Waals surface area contributed by atoms with Crippen molar-refractivity contribution in [2.75, 3.05) is 24.6 Å². The summed E-state index contributed by atoms with van der Waals surface area (Å²) >= 11 is 0. The number of allylic oxidation sites excluding steroid dienone is 1. The van der Waals surface area contributed by atoms with Crippen LogP contribution in [0.4, 0.5) is 10.1 Å². The fraction of sp³-hybridized carbons (Fsp3) is 0.314. The van der Waals surface area contributed by atoms with Crippen LogP contribution in [0.25, 0.3) is 33.4 Å². The minimum Gasteiger partial charge on any atom is -0.455 e. The number of nitrogens with one attached hydrogen (secondary N) is 1. The van der Waals surface area contributed by atoms with Crippen LogP contribution in [0.1, 0.15) is 60.7 Å². The van der Waals surface area contributed by atoms with Crippen LogP contribution in [0.5, 0.6) is 0 Å². The van der Waals surface area contributed by atoms with E-state index in [9.17, 15) is 19.1 Å². The van der Waals surface area contributed by atoms with Gasteiger partial charge in [0.1, 0.15) is 17.2 Å². The Kier molecular flexibility index (Phi) is 8.88. The van der Waals surface area contributed by atoms with E-state index in [1.54, 1.807) is 18.2 Å². The summed E-state index contributed by atoms with van der Waals surface area (Å²) in [5, 5.41) is 13.6. The zero-order valence-electron chi connectivity index (χ0n) is 24.3. The molecule has 5 rings (SSSR count). The summed E-state index contributed by atoms with van der Waals surface area (Å²) in [5.41, 5.74) is 4.85. The SMILES string of the molecule is CCC(=O)c1c(-c2ccc(F)cc2)oc2cc(N(CC)CC)c(-c3cccc(C(=O)N[C@H]4CC=CC[C@H]4CO)c3)cc12. The number of ketones is 1. The number of amides is 1. The standard InChI is InChI=1S/C35H37FN2O4/c1-4-31(40)33-28-19-27(23-11-9-12-24(18-23)35(41)37-29-13-8-7-10-25(29)21-39)30(38(5-2)6-3)20-32(28)42-34(33)22-14-16-26(36)17-15-22/h7-9,11-12,14-20,25,29,39H,4-6,10,13,21H2,1-3H3,(H,37,41)/t25-,29-/m0/s1. The molecule has 0 bridgehead atoms. The highest BCUT2D eigenvalue weighted by molar-refractivity contribution is 6.13. The van der Waals surface area contributed by atoms with E-state index in [1.807, 2.05) is 49.4 Å². The summed E-state index contributed by atoms with van der Waals surface area (Å²) in [4.78, 5) is 28.9. The molecule has 0 saturated heterocycles. The van der Waals surface area contributed by atoms with E-state index in [-0.39, 0.29) is 42.5 Å². The van der Waals surface area contributed by atoms with Gasteiger partial charge in [0.15, 0.2) is 5.78 Å². The van der Waals surface area contributed by atoms with Crippen LogP contribution < -0.4 is 10.2 Å². The van der Waals surface area contributed by atoms with Crippen molar-refractivity contribution in [2.24, 2.45) is 5.92 Å². The van der Waals surface area contributed by atoms with Crippen LogP contribution in [0.2, 0.25) is 0 Å². The van der Waals surface area contributed by atoms with Crippen LogP contribution in [0, 0.1) is 11.7 Å². The molecule has 4 aromatic rings. The smallest absolute Gasteiger partial charge is 0.251 e. The minimum atomic E-state index is -0.361. The van der Waals surface area contributed by atoms with Gasteiger partial charge in [0.2, 0.25) is 0 Å². The number of anilines is 1. The lowest BCUT2D eigenvalue weighted by atomic mass is 9.89. The fourth-order valence-corrected chi connectivity index (χ4v) is 5.78. The second-order valence-corrected chi connectivity index (χ2v) is 10.7. The predicted molar refractivity (Wildman–Crippen MR) is 165 cm³/mol. The Balaban J connectivity index is 1.64. The van der Waals surface area contributed by atoms with Crippen molar-refractivity contribution >= 4 is 28.3 Å². The molecule has 0 aliphatic heterocycles. The first-order chi connectivity index (χ1) is 20.4. The molecule has 1 heterocycles. The highest BCUT2D eigenvalue weighted by Gasteiger charge is 2.26. The molecule has 0 unspecified atom stereocenters. The van der Waals surface area contributed by atoms with E-state index in [4.69, 9.17) is 4.42 Å². The summed E-state index contributed by atoms with van der Waals surface area (Å²) in [6, 6.07) is 17.3. The third-order valence-corrected chi connectivity index (χ3v) is 8.17. The Hall–Kier alpha value is -4.23. The van der Waals surface area contributed by atoms with Crippen molar-refractivity contribution in [3.8, 4) is 22.5 Å². The van der Waals surface area contributed by atoms with Gasteiger partial charge in [-0.05, 0) is 74.7 Å². The van der Waals surface area contributed by atoms with Gasteiger partial charge in [-0.1, -0.05) is 31.2 Å². The van der Waals surface area contributed by atoms with Crippen molar-refractivity contribution < 1.29 is 23.5 Å². The lowest BCUT2D eigenvalue weighted by molar-refractivity contribution is 0.0901. The van der Waals surface area contributed by atoms with Crippen LogP contribution in [0.3, 0.4) is 0 Å². The molecule has 2 N–H and O–H groups in total. The first-order valence-electron chi connectivity index (χ1n) is 14.7. The molecule has 1 aliphatic rings. The van der Waals surface area contributed by atoms with Crippen molar-refractivity contribution in [1.29, 1.82) is 0 Å². The largest absolute Gasteiger partial charge is 0.455 e. The molecule has 1 aliphatic carbocycles. The molecule has 2 atom stereocenters. The second kappa shape index (κ2) is 12.7. The van der Waals surface area contributed by atoms with Crippen LogP contribution >= 0.6 is 0 Å². The maximum absolute atomic E-state index is 13.7. The topological polar surface area (TPSA) is 82.8 Å². The van der Waals surface area contributed by atoms with E-state index in [1.165, 1.54) is 12.1 Å². The summed E-state index contributed by atoms with van der Waals surface area (Å²) in [7, 11) is 0. The number of carbonyl (C=O) groups excluding carboxylic acids is 2. The van der Waals surface area contributed by atoms with E-state index in [0.29, 0.717) is 39.8 Å². The maximum atomic E-state index is 13.7. The number of furan rings is 1. The van der Waals surface area contributed by atoms with Crippen LogP contribution in [-0.4, -0.2) is 42.5 Å². The number of hydrogen-bond acceptors (Lipinski definition) is 5. The van der Waals surface area contributed by atoms with Gasteiger partial charge in [-0.3, -0.25) is 9.59 Å². The molecule has 42 heavy (non-hydrogen) atoms. The molecule has 0 saturated carbocycles. The number of benzene rings is 3. The van der Waals surface area contributed by atoms with E-state index in [2.05, 4.69) is 24.1 Å². The Labute approximate surface area is 245 Å². The molecule has 218 valence electrons. The molecular formula is C35H37FN2O4. The van der Waals surface area contributed by atoms with Crippen molar-refractivity contribution in [3.63, 3.8) is 0 Å². The summed E-state index contributed by atoms with van der Waals surface area (Å²) < 4.78 is 20.0. The lowest BCUT2D eigenvalue weighted by Crippen LogP contribution is -2.42. The predicted octanol–water partition coefficient (Wildman–Crippen LogP) is 7.40. The molecule has 1 aromatic heterocycles. The third kappa shape index (κ3) is 5.74. The van der Waals surface area contributed by atoms with Gasteiger partial charge in [0, 0.05) is 71.9 Å². The summed E-state index contributed by atoms with van der Waals surface area (Å²) in [6.07, 6.45) is 5.79. The average Bonchev–Trinajstić information content (AvgIpc) is 3.40. The van der Waals surface area contributed by atoms with Gasteiger partial charge in [-0.2, -0.15) is 0 Å². The van der Waals surface area contributed by atoms with Crippen molar-refractivity contribution in [2.45, 2.75) is 46.1 Å². The third-order valence-electron chi connectivity index (χ3n) is 8.17. The average molecular weight is 569 g/mol. The first-order valence-corrected chi connectivity index (χ1v) is 14.7. The number of aliphatic hydroxyl groups excluding tert-OH is 1. The van der Waals surface area contributed by atoms with Crippen molar-refractivity contribution in [3.05, 3.63) is 89.8 Å². The number of aliphatic hydroxyl groups is 1. The first kappa shape index (κ1) is 29.3. The van der Waals surface area contributed by atoms with Gasteiger partial charge in [0.25, 0.3) is 5.91 Å². The van der Waals surface area contributed by atoms with Gasteiger partial charge in [0.05, 0.1) is 5.56 Å². The number of nitrogens with zero attached hydrogens (tertiary/aromatic N) is 1. The number of Topliss-reactive ketones (excluding diaryl/α,β-unsaturated/α-hetero) is 1. The maximum Gasteiger partial charge on any atom is 0.251 e. The highest BCUT2D eigenvalue weighted by atomic mass is 19.1. The zero-order valence-corrected chi connectivity index (χ0v) is 24.3. The quantitative estimate of drug-likeness (QED) is 0.154. The van der Waals surface area contributed by atoms with Gasteiger partial charge in [-0.25, -0.2) is 4.39 Å². The van der Waals surface area contributed by atoms with Gasteiger partial charge < -0.3 is 19.7 Å². The number of hydrogen-bond donors (Lipinski definition) is 2. The number of carbonyl (C=O) groups is 2. The molecule has 1 amide bonds. The number of halogens is 1. The van der Waals surface area contributed by atoms with Crippen molar-refractivity contribution in [1.82, 2.24) is 5.32 Å². The molecule has 3 aromatic carbocycles. The minimum absolute atomic E-state index is 0.00951. The monoisotopic (exact) mass is 568 g/mol. The molecule has 0 spiro atoms. The van der Waals surface area contributed by atoms with Gasteiger partial charge in [-0.15, -0.1) is 0 Å². The Morgan fingerprint density at radius 2 is 1.71 bits per heavy atom. The molecule has 7 heteroatoms. The Morgan fingerprint density at radius 1 is 0.976 bits per heavy atom. The second-order valence-electron chi connectivity index (χ2n) is 10.7. The zero-order chi connectivity index (χ0) is 29.8. The number of rotatable bonds is 10. The number of fused-ring (bicyclic) bond motifs is 1. The molecule has 6 nitrogen and oxygen atoms in total. The highest BCUT2D eigenvalue weighted by Crippen LogP contribution is 2.41. The van der Waals surface area contributed by atoms with E-state index in [0.717, 1.165) is 36.3 Å². The molecule has 0 radical (unpaired) electrons. The summed E-state index contributed by atoms with van der Waals surface area (Å²) in [6.45, 7) is 7.49. The Morgan fingerprint density at radius 3 is 2.40 bits per heavy atom. The van der Waals surface area contributed by atoms with E-state index < -0.39 is 0 Å². The molecule has 0 fully saturated rings. The molecular weight excluding hydrogens is 531 g/mol. The summed E-state index contributed by atoms with van der Waals surface area (Å²) in [5.74, 6) is -0.204. The van der Waals surface area contributed by atoms with Crippen LogP contribution in [-0.2, 0) is 0 Å². The van der Waals surface area contributed by atoms with E-state index >= 15 is 0 Å². The lowest BCUT2D eigenvalue weighted by Gasteiger charge is -2.28. The van der Waals surface area contributed by atoms with Crippen LogP contribution in [0.15, 0.2) is 77.2 Å².